The third-order valence-electron chi connectivity index (χ3n) is 5.32. The Labute approximate surface area is 163 Å². The molecule has 138 valence electrons. The average Bonchev–Trinajstić information content (AvgIpc) is 3.45. The van der Waals surface area contributed by atoms with Gasteiger partial charge in [0.1, 0.15) is 6.61 Å². The van der Waals surface area contributed by atoms with Gasteiger partial charge in [-0.3, -0.25) is 8.77 Å². The molecule has 1 amide bonds. The third-order valence-corrected chi connectivity index (χ3v) is 6.40. The van der Waals surface area contributed by atoms with Crippen molar-refractivity contribution in [1.29, 1.82) is 0 Å². The van der Waals surface area contributed by atoms with E-state index >= 15 is 0 Å². The van der Waals surface area contributed by atoms with Crippen LogP contribution in [0.4, 0.5) is 0 Å². The highest BCUT2D eigenvalue weighted by Gasteiger charge is 2.36. The normalized spacial score (nSPS) is 20.4. The lowest BCUT2D eigenvalue weighted by molar-refractivity contribution is -0.149. The van der Waals surface area contributed by atoms with Gasteiger partial charge in [-0.1, -0.05) is 36.4 Å². The Kier molecular flexibility index (Phi) is 4.42. The second kappa shape index (κ2) is 7.06. The fourth-order valence-corrected chi connectivity index (χ4v) is 4.76. The molecule has 0 bridgehead atoms. The fraction of sp³-hybridized carbons (Fsp3) is 0.318. The highest BCUT2D eigenvalue weighted by molar-refractivity contribution is 7.98. The maximum atomic E-state index is 12.6. The van der Waals surface area contributed by atoms with E-state index in [1.54, 1.807) is 11.9 Å². The summed E-state index contributed by atoms with van der Waals surface area (Å²) in [5.74, 6) is 0.772. The molecule has 5 rings (SSSR count). The van der Waals surface area contributed by atoms with Crippen LogP contribution in [-0.4, -0.2) is 34.5 Å². The molecule has 1 unspecified atom stereocenters. The highest BCUT2D eigenvalue weighted by atomic mass is 32.2. The molecular weight excluding hydrogens is 356 g/mol. The Balaban J connectivity index is 1.58. The molecule has 1 aliphatic heterocycles. The van der Waals surface area contributed by atoms with Crippen LogP contribution in [0.1, 0.15) is 24.6 Å². The number of morpholine rings is 1. The van der Waals surface area contributed by atoms with Gasteiger partial charge in [0.25, 0.3) is 0 Å². The zero-order chi connectivity index (χ0) is 18.2. The Morgan fingerprint density at radius 1 is 1.04 bits per heavy atom. The van der Waals surface area contributed by atoms with E-state index in [-0.39, 0.29) is 18.6 Å². The number of aromatic nitrogens is 1. The van der Waals surface area contributed by atoms with Crippen LogP contribution < -0.4 is 0 Å². The molecule has 27 heavy (non-hydrogen) atoms. The molecule has 0 N–H and O–H groups in total. The number of amides is 1. The minimum absolute atomic E-state index is 0.0320. The molecule has 1 aromatic heterocycles. The van der Waals surface area contributed by atoms with E-state index in [1.165, 1.54) is 28.6 Å². The van der Waals surface area contributed by atoms with Crippen LogP contribution in [0.3, 0.4) is 0 Å². The van der Waals surface area contributed by atoms with Crippen LogP contribution in [0.5, 0.6) is 0 Å². The predicted octanol–water partition coefficient (Wildman–Crippen LogP) is 4.51. The van der Waals surface area contributed by atoms with Gasteiger partial charge in [0, 0.05) is 16.8 Å². The SMILES string of the molecule is O=C1COCC(c2cc3ccccc3n2Sc2ccccc2)N1CC1CC1. The summed E-state index contributed by atoms with van der Waals surface area (Å²) in [4.78, 5) is 15.8. The van der Waals surface area contributed by atoms with Crippen molar-refractivity contribution in [2.75, 3.05) is 19.8 Å². The number of carbonyl (C=O) groups excluding carboxylic acids is 1. The molecule has 1 aliphatic carbocycles. The van der Waals surface area contributed by atoms with Gasteiger partial charge in [0.05, 0.1) is 23.9 Å². The molecule has 2 aromatic carbocycles. The van der Waals surface area contributed by atoms with E-state index in [9.17, 15) is 4.79 Å². The molecule has 2 heterocycles. The van der Waals surface area contributed by atoms with Crippen LogP contribution in [-0.2, 0) is 9.53 Å². The number of ether oxygens (including phenoxy) is 1. The standard InChI is InChI=1S/C22H22N2O2S/c25-22-15-26-14-21(23(22)13-16-10-11-16)20-12-17-6-4-5-9-19(17)24(20)27-18-7-2-1-3-8-18/h1-9,12,16,21H,10-11,13-15H2. The molecule has 5 heteroatoms. The molecule has 0 spiro atoms. The maximum Gasteiger partial charge on any atom is 0.249 e. The minimum Gasteiger partial charge on any atom is -0.369 e. The molecule has 2 aliphatic rings. The van der Waals surface area contributed by atoms with E-state index < -0.39 is 0 Å². The first-order chi connectivity index (χ1) is 13.3. The van der Waals surface area contributed by atoms with E-state index in [0.29, 0.717) is 12.5 Å². The summed E-state index contributed by atoms with van der Waals surface area (Å²) in [5, 5.41) is 1.19. The zero-order valence-electron chi connectivity index (χ0n) is 15.1. The van der Waals surface area contributed by atoms with Crippen LogP contribution >= 0.6 is 11.9 Å². The molecule has 1 saturated carbocycles. The molecule has 1 saturated heterocycles. The van der Waals surface area contributed by atoms with Crippen molar-refractivity contribution >= 4 is 28.8 Å². The van der Waals surface area contributed by atoms with Gasteiger partial charge >= 0.3 is 0 Å². The number of nitrogens with zero attached hydrogens (tertiary/aromatic N) is 2. The van der Waals surface area contributed by atoms with E-state index in [4.69, 9.17) is 4.74 Å². The first-order valence-electron chi connectivity index (χ1n) is 9.50. The van der Waals surface area contributed by atoms with Crippen molar-refractivity contribution in [3.05, 3.63) is 66.4 Å². The van der Waals surface area contributed by atoms with E-state index in [2.05, 4.69) is 63.5 Å². The number of fused-ring (bicyclic) bond motifs is 1. The van der Waals surface area contributed by atoms with Crippen molar-refractivity contribution < 1.29 is 9.53 Å². The smallest absolute Gasteiger partial charge is 0.249 e. The Morgan fingerprint density at radius 3 is 2.63 bits per heavy atom. The third kappa shape index (κ3) is 3.37. The Morgan fingerprint density at radius 2 is 1.81 bits per heavy atom. The van der Waals surface area contributed by atoms with Crippen LogP contribution in [0.25, 0.3) is 10.9 Å². The summed E-state index contributed by atoms with van der Waals surface area (Å²) in [7, 11) is 0. The van der Waals surface area contributed by atoms with Crippen LogP contribution in [0, 0.1) is 5.92 Å². The predicted molar refractivity (Wildman–Crippen MR) is 108 cm³/mol. The van der Waals surface area contributed by atoms with Crippen molar-refractivity contribution in [3.8, 4) is 0 Å². The topological polar surface area (TPSA) is 34.5 Å². The lowest BCUT2D eigenvalue weighted by atomic mass is 10.1. The monoisotopic (exact) mass is 378 g/mol. The van der Waals surface area contributed by atoms with Gasteiger partial charge in [-0.25, -0.2) is 0 Å². The largest absolute Gasteiger partial charge is 0.369 e. The molecule has 4 nitrogen and oxygen atoms in total. The number of benzene rings is 2. The van der Waals surface area contributed by atoms with Crippen molar-refractivity contribution in [2.45, 2.75) is 23.8 Å². The number of rotatable bonds is 5. The fourth-order valence-electron chi connectivity index (χ4n) is 3.73. The summed E-state index contributed by atoms with van der Waals surface area (Å²) in [6.45, 7) is 1.61. The van der Waals surface area contributed by atoms with E-state index in [0.717, 1.165) is 12.2 Å². The van der Waals surface area contributed by atoms with Gasteiger partial charge < -0.3 is 9.64 Å². The first-order valence-corrected chi connectivity index (χ1v) is 10.3. The van der Waals surface area contributed by atoms with Crippen LogP contribution in [0.2, 0.25) is 0 Å². The minimum atomic E-state index is -0.0320. The first kappa shape index (κ1) is 16.9. The van der Waals surface area contributed by atoms with Crippen molar-refractivity contribution in [3.63, 3.8) is 0 Å². The number of hydrogen-bond acceptors (Lipinski definition) is 3. The highest BCUT2D eigenvalue weighted by Crippen LogP contribution is 2.38. The second-order valence-corrected chi connectivity index (χ2v) is 8.37. The summed E-state index contributed by atoms with van der Waals surface area (Å²) < 4.78 is 7.94. The number of hydrogen-bond donors (Lipinski definition) is 0. The average molecular weight is 378 g/mol. The number of para-hydroxylation sites is 1. The zero-order valence-corrected chi connectivity index (χ0v) is 15.9. The number of carbonyl (C=O) groups is 1. The molecule has 2 fully saturated rings. The van der Waals surface area contributed by atoms with E-state index in [1.807, 2.05) is 6.07 Å². The van der Waals surface area contributed by atoms with Gasteiger partial charge in [-0.15, -0.1) is 0 Å². The van der Waals surface area contributed by atoms with Gasteiger partial charge in [0.15, 0.2) is 0 Å². The lowest BCUT2D eigenvalue weighted by Gasteiger charge is -2.36. The molecular formula is C22H22N2O2S. The Hall–Kier alpha value is -2.24. The van der Waals surface area contributed by atoms with Crippen molar-refractivity contribution in [1.82, 2.24) is 8.87 Å². The van der Waals surface area contributed by atoms with Gasteiger partial charge in [-0.05, 0) is 55.0 Å². The molecule has 3 aromatic rings. The summed E-state index contributed by atoms with van der Waals surface area (Å²) in [6.07, 6.45) is 2.47. The molecule has 0 radical (unpaired) electrons. The Bertz CT molecular complexity index is 965. The second-order valence-electron chi connectivity index (χ2n) is 7.35. The quantitative estimate of drug-likeness (QED) is 0.655. The molecule has 1 atom stereocenters. The summed E-state index contributed by atoms with van der Waals surface area (Å²) in [5.41, 5.74) is 2.31. The van der Waals surface area contributed by atoms with Crippen molar-refractivity contribution in [2.24, 2.45) is 5.92 Å². The summed E-state index contributed by atoms with van der Waals surface area (Å²) in [6, 6.07) is 21.0. The maximum absolute atomic E-state index is 12.6. The van der Waals surface area contributed by atoms with Gasteiger partial charge in [0.2, 0.25) is 5.91 Å². The van der Waals surface area contributed by atoms with Gasteiger partial charge in [-0.2, -0.15) is 0 Å². The summed E-state index contributed by atoms with van der Waals surface area (Å²) >= 11 is 1.70. The lowest BCUT2D eigenvalue weighted by Crippen LogP contribution is -2.45. The van der Waals surface area contributed by atoms with Crippen LogP contribution in [0.15, 0.2) is 65.6 Å².